The minimum absolute atomic E-state index is 0.648. The topological polar surface area (TPSA) is 40.0 Å². The van der Waals surface area contributed by atoms with Crippen LogP contribution in [0.2, 0.25) is 0 Å². The molecule has 10 aromatic carbocycles. The number of benzene rings is 10. The Balaban J connectivity index is 1.14. The number of para-hydroxylation sites is 4. The summed E-state index contributed by atoms with van der Waals surface area (Å²) in [5.74, 6) is 0.648. The van der Waals surface area contributed by atoms with Crippen LogP contribution in [-0.4, -0.2) is 23.5 Å². The third kappa shape index (κ3) is 4.30. The van der Waals surface area contributed by atoms with Crippen LogP contribution in [0, 0.1) is 0 Å². The zero-order chi connectivity index (χ0) is 40.9. The monoisotopic (exact) mass is 799 g/mol. The molecule has 0 aliphatic heterocycles. The third-order valence-electron chi connectivity index (χ3n) is 13.7. The Kier molecular flexibility index (Phi) is 6.36. The summed E-state index contributed by atoms with van der Waals surface area (Å²) >= 11 is 0. The fourth-order valence-corrected chi connectivity index (χ4v) is 11.1. The van der Waals surface area contributed by atoms with Crippen LogP contribution in [-0.2, 0) is 0 Å². The molecule has 0 aliphatic rings. The summed E-state index contributed by atoms with van der Waals surface area (Å²) in [5.41, 5.74) is 12.2. The van der Waals surface area contributed by atoms with Gasteiger partial charge in [-0.2, -0.15) is 0 Å². The van der Waals surface area contributed by atoms with Crippen LogP contribution in [0.15, 0.2) is 200 Å². The Morgan fingerprint density at radius 1 is 0.317 bits per heavy atom. The highest BCUT2D eigenvalue weighted by Crippen LogP contribution is 2.49. The first-order chi connectivity index (χ1) is 31.3. The standard InChI is InChI=1S/C58H33N5/c1-2-18-37(19-3-1)61-49-27-13-10-23-41(49)52-42(24-14-28-50(52)61)54-40-22-8-11-25-47(40)59-58(60-54)63-51-32-36-17-5-4-16-35(36)31-44(51)46-33-45-39-21-9-12-26-48(39)62-55-38-20-7-6-15-34(38)29-30-43(55)53(56(45)62)57(46)63/h1-33H. The second-order valence-corrected chi connectivity index (χ2v) is 16.9. The molecule has 5 heterocycles. The van der Waals surface area contributed by atoms with Crippen LogP contribution >= 0.6 is 0 Å². The molecule has 0 atom stereocenters. The summed E-state index contributed by atoms with van der Waals surface area (Å²) in [5, 5.41) is 15.5. The lowest BCUT2D eigenvalue weighted by Gasteiger charge is -2.14. The molecule has 63 heavy (non-hydrogen) atoms. The molecule has 290 valence electrons. The van der Waals surface area contributed by atoms with Crippen LogP contribution in [0.5, 0.6) is 0 Å². The van der Waals surface area contributed by atoms with E-state index in [4.69, 9.17) is 9.97 Å². The highest BCUT2D eigenvalue weighted by Gasteiger charge is 2.27. The SMILES string of the molecule is c1ccc(-n2c3ccccc3c3c(-c4nc(-n5c6cc7ccccc7cc6c6cc7c8ccccc8n8c9c%10ccccc%10ccc9c(c65)c78)nc5ccccc45)cccc32)cc1. The van der Waals surface area contributed by atoms with Gasteiger partial charge in [-0.1, -0.05) is 146 Å². The molecule has 0 unspecified atom stereocenters. The van der Waals surface area contributed by atoms with Crippen molar-refractivity contribution in [3.05, 3.63) is 200 Å². The molecule has 0 radical (unpaired) electrons. The molecular weight excluding hydrogens is 767 g/mol. The number of rotatable bonds is 3. The Labute approximate surface area is 359 Å². The van der Waals surface area contributed by atoms with Crippen LogP contribution in [0.3, 0.4) is 0 Å². The molecule has 0 N–H and O–H groups in total. The second kappa shape index (κ2) is 12.1. The molecule has 5 nitrogen and oxygen atoms in total. The zero-order valence-corrected chi connectivity index (χ0v) is 33.8. The maximum atomic E-state index is 5.79. The fraction of sp³-hybridized carbons (Fsp3) is 0. The van der Waals surface area contributed by atoms with Crippen LogP contribution in [0.25, 0.3) is 137 Å². The maximum absolute atomic E-state index is 5.79. The molecule has 5 aromatic heterocycles. The van der Waals surface area contributed by atoms with Crippen molar-refractivity contribution in [3.8, 4) is 22.9 Å². The maximum Gasteiger partial charge on any atom is 0.235 e. The van der Waals surface area contributed by atoms with Crippen molar-refractivity contribution in [3.63, 3.8) is 0 Å². The van der Waals surface area contributed by atoms with Crippen molar-refractivity contribution in [1.82, 2.24) is 23.5 Å². The first kappa shape index (κ1) is 33.2. The lowest BCUT2D eigenvalue weighted by molar-refractivity contribution is 1.02. The Bertz CT molecular complexity index is 4440. The zero-order valence-electron chi connectivity index (χ0n) is 33.8. The van der Waals surface area contributed by atoms with Gasteiger partial charge in [-0.15, -0.1) is 0 Å². The highest BCUT2D eigenvalue weighted by atomic mass is 15.2. The molecule has 15 rings (SSSR count). The van der Waals surface area contributed by atoms with Gasteiger partial charge < -0.3 is 8.97 Å². The van der Waals surface area contributed by atoms with Gasteiger partial charge in [0.1, 0.15) is 0 Å². The molecule has 0 saturated carbocycles. The third-order valence-corrected chi connectivity index (χ3v) is 13.7. The largest absolute Gasteiger partial charge is 0.309 e. The summed E-state index contributed by atoms with van der Waals surface area (Å²) in [6, 6.07) is 72.7. The number of aromatic nitrogens is 5. The molecule has 0 spiro atoms. The number of fused-ring (bicyclic) bond motifs is 17. The molecule has 0 amide bonds. The van der Waals surface area contributed by atoms with Crippen LogP contribution < -0.4 is 0 Å². The van der Waals surface area contributed by atoms with Crippen molar-refractivity contribution < 1.29 is 0 Å². The van der Waals surface area contributed by atoms with Gasteiger partial charge in [-0.3, -0.25) is 4.57 Å². The summed E-state index contributed by atoms with van der Waals surface area (Å²) in [6.45, 7) is 0. The quantitative estimate of drug-likeness (QED) is 0.179. The van der Waals surface area contributed by atoms with E-state index in [1.165, 1.54) is 81.2 Å². The Hall–Kier alpha value is -8.54. The van der Waals surface area contributed by atoms with E-state index in [9.17, 15) is 0 Å². The predicted molar refractivity (Wildman–Crippen MR) is 263 cm³/mol. The predicted octanol–water partition coefficient (Wildman–Crippen LogP) is 14.9. The van der Waals surface area contributed by atoms with Gasteiger partial charge in [0.15, 0.2) is 0 Å². The molecule has 0 aliphatic carbocycles. The van der Waals surface area contributed by atoms with E-state index in [0.717, 1.165) is 49.9 Å². The van der Waals surface area contributed by atoms with E-state index in [-0.39, 0.29) is 0 Å². The van der Waals surface area contributed by atoms with Gasteiger partial charge in [0.05, 0.1) is 49.8 Å². The summed E-state index contributed by atoms with van der Waals surface area (Å²) in [7, 11) is 0. The average Bonchev–Trinajstić information content (AvgIpc) is 4.07. The summed E-state index contributed by atoms with van der Waals surface area (Å²) < 4.78 is 7.27. The molecule has 15 aromatic rings. The minimum atomic E-state index is 0.648. The molecule has 0 bridgehead atoms. The first-order valence-electron chi connectivity index (χ1n) is 21.6. The van der Waals surface area contributed by atoms with Gasteiger partial charge in [0, 0.05) is 65.1 Å². The van der Waals surface area contributed by atoms with Crippen LogP contribution in [0.1, 0.15) is 0 Å². The van der Waals surface area contributed by atoms with Crippen LogP contribution in [0.4, 0.5) is 0 Å². The highest BCUT2D eigenvalue weighted by molar-refractivity contribution is 6.36. The van der Waals surface area contributed by atoms with Gasteiger partial charge >= 0.3 is 0 Å². The number of nitrogens with zero attached hydrogens (tertiary/aromatic N) is 5. The number of hydrogen-bond donors (Lipinski definition) is 0. The molecule has 0 saturated heterocycles. The van der Waals surface area contributed by atoms with Crippen molar-refractivity contribution in [2.24, 2.45) is 0 Å². The molecule has 5 heteroatoms. The van der Waals surface area contributed by atoms with Crippen molar-refractivity contribution >= 4 is 114 Å². The lowest BCUT2D eigenvalue weighted by atomic mass is 10.0. The van der Waals surface area contributed by atoms with Gasteiger partial charge in [0.25, 0.3) is 0 Å². The fourth-order valence-electron chi connectivity index (χ4n) is 11.1. The van der Waals surface area contributed by atoms with Crippen molar-refractivity contribution in [1.29, 1.82) is 0 Å². The molecular formula is C58H33N5. The Morgan fingerprint density at radius 2 is 0.984 bits per heavy atom. The summed E-state index contributed by atoms with van der Waals surface area (Å²) in [6.07, 6.45) is 0. The summed E-state index contributed by atoms with van der Waals surface area (Å²) in [4.78, 5) is 11.3. The normalized spacial score (nSPS) is 12.4. The molecule has 0 fully saturated rings. The average molecular weight is 800 g/mol. The first-order valence-corrected chi connectivity index (χ1v) is 21.6. The lowest BCUT2D eigenvalue weighted by Crippen LogP contribution is -2.04. The van der Waals surface area contributed by atoms with E-state index < -0.39 is 0 Å². The van der Waals surface area contributed by atoms with Gasteiger partial charge in [-0.05, 0) is 70.8 Å². The van der Waals surface area contributed by atoms with Gasteiger partial charge in [-0.25, -0.2) is 9.97 Å². The number of hydrogen-bond acceptors (Lipinski definition) is 2. The van der Waals surface area contributed by atoms with E-state index in [0.29, 0.717) is 5.95 Å². The smallest absolute Gasteiger partial charge is 0.235 e. The van der Waals surface area contributed by atoms with E-state index in [1.54, 1.807) is 0 Å². The van der Waals surface area contributed by atoms with Crippen molar-refractivity contribution in [2.45, 2.75) is 0 Å². The van der Waals surface area contributed by atoms with E-state index in [1.807, 2.05) is 0 Å². The van der Waals surface area contributed by atoms with Gasteiger partial charge in [0.2, 0.25) is 5.95 Å². The second-order valence-electron chi connectivity index (χ2n) is 16.9. The minimum Gasteiger partial charge on any atom is -0.309 e. The van der Waals surface area contributed by atoms with E-state index >= 15 is 0 Å². The Morgan fingerprint density at radius 3 is 1.84 bits per heavy atom. The van der Waals surface area contributed by atoms with E-state index in [2.05, 4.69) is 214 Å². The van der Waals surface area contributed by atoms with Crippen molar-refractivity contribution in [2.75, 3.05) is 0 Å².